The minimum absolute atomic E-state index is 0.0425. The molecule has 0 saturated heterocycles. The zero-order valence-corrected chi connectivity index (χ0v) is 13.8. The zero-order valence-electron chi connectivity index (χ0n) is 13.8. The number of nitrogens with one attached hydrogen (secondary N) is 2. The second-order valence-electron chi connectivity index (χ2n) is 5.65. The second kappa shape index (κ2) is 7.85. The Kier molecular flexibility index (Phi) is 5.84. The van der Waals surface area contributed by atoms with E-state index in [2.05, 4.69) is 10.6 Å². The van der Waals surface area contributed by atoms with Crippen LogP contribution in [-0.4, -0.2) is 24.6 Å². The first-order chi connectivity index (χ1) is 11.0. The molecule has 0 unspecified atom stereocenters. The molecule has 0 radical (unpaired) electrons. The number of carbonyl (C=O) groups excluding carboxylic acids is 2. The van der Waals surface area contributed by atoms with Crippen LogP contribution in [-0.2, 0) is 16.1 Å². The number of carbonyl (C=O) groups is 2. The highest BCUT2D eigenvalue weighted by Crippen LogP contribution is 2.32. The van der Waals surface area contributed by atoms with E-state index < -0.39 is 6.04 Å². The van der Waals surface area contributed by atoms with Gasteiger partial charge in [-0.15, -0.1) is 0 Å². The van der Waals surface area contributed by atoms with Gasteiger partial charge in [0.2, 0.25) is 18.6 Å². The summed E-state index contributed by atoms with van der Waals surface area (Å²) >= 11 is 0. The van der Waals surface area contributed by atoms with Crippen LogP contribution in [0.4, 0.5) is 0 Å². The lowest BCUT2D eigenvalue weighted by atomic mass is 10.0. The van der Waals surface area contributed by atoms with Crippen molar-refractivity contribution in [3.8, 4) is 11.5 Å². The summed E-state index contributed by atoms with van der Waals surface area (Å²) in [6.45, 7) is 6.23. The minimum atomic E-state index is -0.558. The Morgan fingerprint density at radius 3 is 2.52 bits per heavy atom. The number of benzene rings is 1. The topological polar surface area (TPSA) is 76.7 Å². The predicted molar refractivity (Wildman–Crippen MR) is 86.1 cm³/mol. The summed E-state index contributed by atoms with van der Waals surface area (Å²) < 4.78 is 10.6. The number of rotatable bonds is 7. The summed E-state index contributed by atoms with van der Waals surface area (Å²) in [6, 6.07) is 4.98. The van der Waals surface area contributed by atoms with Crippen LogP contribution in [0.3, 0.4) is 0 Å². The highest BCUT2D eigenvalue weighted by atomic mass is 16.7. The summed E-state index contributed by atoms with van der Waals surface area (Å²) in [5.41, 5.74) is 0.918. The molecule has 6 heteroatoms. The van der Waals surface area contributed by atoms with Crippen molar-refractivity contribution in [2.45, 2.75) is 46.2 Å². The fraction of sp³-hybridized carbons (Fsp3) is 0.529. The van der Waals surface area contributed by atoms with E-state index in [1.165, 1.54) is 0 Å². The van der Waals surface area contributed by atoms with Gasteiger partial charge in [0.15, 0.2) is 11.5 Å². The first-order valence-corrected chi connectivity index (χ1v) is 8.01. The van der Waals surface area contributed by atoms with Gasteiger partial charge in [0.1, 0.15) is 6.04 Å². The lowest BCUT2D eigenvalue weighted by molar-refractivity contribution is -0.131. The largest absolute Gasteiger partial charge is 0.454 e. The van der Waals surface area contributed by atoms with Crippen LogP contribution in [0.15, 0.2) is 18.2 Å². The number of amides is 2. The molecule has 23 heavy (non-hydrogen) atoms. The van der Waals surface area contributed by atoms with Crippen LogP contribution in [0.1, 0.15) is 39.2 Å². The lowest BCUT2D eigenvalue weighted by Crippen LogP contribution is -2.46. The molecule has 1 aliphatic rings. The normalized spacial score (nSPS) is 13.7. The Labute approximate surface area is 136 Å². The molecule has 1 aromatic rings. The van der Waals surface area contributed by atoms with Crippen molar-refractivity contribution in [2.75, 3.05) is 6.79 Å². The van der Waals surface area contributed by atoms with Crippen molar-refractivity contribution in [3.05, 3.63) is 23.8 Å². The molecule has 1 heterocycles. The molecule has 0 fully saturated rings. The van der Waals surface area contributed by atoms with Gasteiger partial charge in [0, 0.05) is 12.5 Å². The third kappa shape index (κ3) is 4.37. The van der Waals surface area contributed by atoms with Gasteiger partial charge in [-0.3, -0.25) is 9.59 Å². The van der Waals surface area contributed by atoms with Crippen LogP contribution in [0.2, 0.25) is 0 Å². The molecule has 6 nitrogen and oxygen atoms in total. The van der Waals surface area contributed by atoms with Crippen LogP contribution in [0, 0.1) is 5.92 Å². The molecule has 0 saturated carbocycles. The molecule has 2 N–H and O–H groups in total. The number of ether oxygens (including phenoxy) is 2. The molecule has 2 rings (SSSR count). The van der Waals surface area contributed by atoms with Crippen molar-refractivity contribution in [2.24, 2.45) is 5.92 Å². The smallest absolute Gasteiger partial charge is 0.242 e. The van der Waals surface area contributed by atoms with Gasteiger partial charge in [-0.2, -0.15) is 0 Å². The lowest BCUT2D eigenvalue weighted by Gasteiger charge is -2.18. The number of fused-ring (bicyclic) bond motifs is 1. The number of hydrogen-bond donors (Lipinski definition) is 2. The SMILES string of the molecule is CCC(CC)C(=O)N[C@H](C)C(=O)NCc1ccc2c(c1)OCO2. The van der Waals surface area contributed by atoms with E-state index in [0.717, 1.165) is 18.4 Å². The summed E-state index contributed by atoms with van der Waals surface area (Å²) in [5.74, 6) is 1.08. The van der Waals surface area contributed by atoms with Gasteiger partial charge in [-0.1, -0.05) is 19.9 Å². The van der Waals surface area contributed by atoms with Crippen molar-refractivity contribution in [3.63, 3.8) is 0 Å². The maximum atomic E-state index is 12.1. The van der Waals surface area contributed by atoms with Gasteiger partial charge in [0.25, 0.3) is 0 Å². The van der Waals surface area contributed by atoms with Crippen molar-refractivity contribution in [1.29, 1.82) is 0 Å². The molecule has 1 aliphatic heterocycles. The van der Waals surface area contributed by atoms with Crippen LogP contribution in [0.25, 0.3) is 0 Å². The van der Waals surface area contributed by atoms with Crippen LogP contribution >= 0.6 is 0 Å². The Morgan fingerprint density at radius 1 is 1.13 bits per heavy atom. The average molecular weight is 320 g/mol. The Morgan fingerprint density at radius 2 is 1.83 bits per heavy atom. The Balaban J connectivity index is 1.83. The Hall–Kier alpha value is -2.24. The highest BCUT2D eigenvalue weighted by molar-refractivity contribution is 5.88. The summed E-state index contributed by atoms with van der Waals surface area (Å²) in [5, 5.41) is 5.58. The van der Waals surface area contributed by atoms with Crippen molar-refractivity contribution >= 4 is 11.8 Å². The average Bonchev–Trinajstić information content (AvgIpc) is 3.01. The van der Waals surface area contributed by atoms with Crippen molar-refractivity contribution in [1.82, 2.24) is 10.6 Å². The van der Waals surface area contributed by atoms with E-state index in [9.17, 15) is 9.59 Å². The third-order valence-electron chi connectivity index (χ3n) is 4.01. The summed E-state index contributed by atoms with van der Waals surface area (Å²) in [7, 11) is 0. The molecule has 2 amide bonds. The first kappa shape index (κ1) is 17.1. The molecular weight excluding hydrogens is 296 g/mol. The molecule has 1 atom stereocenters. The van der Waals surface area contributed by atoms with Gasteiger partial charge >= 0.3 is 0 Å². The molecule has 0 spiro atoms. The molecule has 0 aliphatic carbocycles. The maximum absolute atomic E-state index is 12.1. The molecule has 0 bridgehead atoms. The van der Waals surface area contributed by atoms with Gasteiger partial charge in [-0.05, 0) is 37.5 Å². The van der Waals surface area contributed by atoms with Crippen LogP contribution in [0.5, 0.6) is 11.5 Å². The molecule has 0 aromatic heterocycles. The summed E-state index contributed by atoms with van der Waals surface area (Å²) in [6.07, 6.45) is 1.54. The number of hydrogen-bond acceptors (Lipinski definition) is 4. The fourth-order valence-electron chi connectivity index (χ4n) is 2.45. The van der Waals surface area contributed by atoms with E-state index in [-0.39, 0.29) is 24.5 Å². The monoisotopic (exact) mass is 320 g/mol. The zero-order chi connectivity index (χ0) is 16.8. The molecular formula is C17H24N2O4. The quantitative estimate of drug-likeness (QED) is 0.805. The van der Waals surface area contributed by atoms with Gasteiger partial charge in [0.05, 0.1) is 0 Å². The van der Waals surface area contributed by atoms with E-state index in [0.29, 0.717) is 18.0 Å². The minimum Gasteiger partial charge on any atom is -0.454 e. The summed E-state index contributed by atoms with van der Waals surface area (Å²) in [4.78, 5) is 24.1. The standard InChI is InChI=1S/C17H24N2O4/c1-4-13(5-2)17(21)19-11(3)16(20)18-9-12-6-7-14-15(8-12)23-10-22-14/h6-8,11,13H,4-5,9-10H2,1-3H3,(H,18,20)(H,19,21)/t11-/m1/s1. The van der Waals surface area contributed by atoms with E-state index in [4.69, 9.17) is 9.47 Å². The molecule has 126 valence electrons. The van der Waals surface area contributed by atoms with Crippen molar-refractivity contribution < 1.29 is 19.1 Å². The Bertz CT molecular complexity index is 570. The van der Waals surface area contributed by atoms with E-state index in [1.807, 2.05) is 32.0 Å². The van der Waals surface area contributed by atoms with Crippen LogP contribution < -0.4 is 20.1 Å². The fourth-order valence-corrected chi connectivity index (χ4v) is 2.45. The van der Waals surface area contributed by atoms with Gasteiger partial charge in [-0.25, -0.2) is 0 Å². The predicted octanol–water partition coefficient (Wildman–Crippen LogP) is 1.97. The first-order valence-electron chi connectivity index (χ1n) is 8.01. The maximum Gasteiger partial charge on any atom is 0.242 e. The highest BCUT2D eigenvalue weighted by Gasteiger charge is 2.20. The molecule has 1 aromatic carbocycles. The third-order valence-corrected chi connectivity index (χ3v) is 4.01. The van der Waals surface area contributed by atoms with E-state index in [1.54, 1.807) is 6.92 Å². The van der Waals surface area contributed by atoms with E-state index >= 15 is 0 Å². The van der Waals surface area contributed by atoms with Gasteiger partial charge < -0.3 is 20.1 Å². The second-order valence-corrected chi connectivity index (χ2v) is 5.65.